The second-order valence-corrected chi connectivity index (χ2v) is 6.87. The molecule has 0 unspecified atom stereocenters. The lowest BCUT2D eigenvalue weighted by Crippen LogP contribution is -3.14. The van der Waals surface area contributed by atoms with Crippen LogP contribution < -0.4 is 4.90 Å². The SMILES string of the molecule is N#Cc1c(C(F)(F)F)cc(-c2ccco2)nc1SCC[NH+]1CCOCC1. The Labute approximate surface area is 152 Å². The molecule has 1 saturated heterocycles. The molecule has 0 aliphatic carbocycles. The van der Waals surface area contributed by atoms with Crippen molar-refractivity contribution in [1.29, 1.82) is 5.26 Å². The van der Waals surface area contributed by atoms with Crippen molar-refractivity contribution >= 4 is 11.8 Å². The van der Waals surface area contributed by atoms with Gasteiger partial charge in [0.2, 0.25) is 0 Å². The van der Waals surface area contributed by atoms with Crippen molar-refractivity contribution in [3.05, 3.63) is 35.6 Å². The van der Waals surface area contributed by atoms with E-state index < -0.39 is 17.3 Å². The first kappa shape index (κ1) is 18.8. The molecular formula is C17H17F3N3O2S+. The summed E-state index contributed by atoms with van der Waals surface area (Å²) < 4.78 is 50.7. The maximum Gasteiger partial charge on any atom is 0.417 e. The molecular weight excluding hydrogens is 367 g/mol. The van der Waals surface area contributed by atoms with E-state index in [1.807, 2.05) is 0 Å². The van der Waals surface area contributed by atoms with Gasteiger partial charge >= 0.3 is 6.18 Å². The molecule has 0 atom stereocenters. The number of halogens is 3. The van der Waals surface area contributed by atoms with Crippen LogP contribution in [0.15, 0.2) is 33.9 Å². The van der Waals surface area contributed by atoms with E-state index >= 15 is 0 Å². The Morgan fingerprint density at radius 3 is 2.69 bits per heavy atom. The fraction of sp³-hybridized carbons (Fsp3) is 0.412. The summed E-state index contributed by atoms with van der Waals surface area (Å²) in [6.07, 6.45) is -3.27. The zero-order chi connectivity index (χ0) is 18.6. The first-order valence-corrected chi connectivity index (χ1v) is 9.08. The van der Waals surface area contributed by atoms with E-state index in [0.29, 0.717) is 19.0 Å². The summed E-state index contributed by atoms with van der Waals surface area (Å²) >= 11 is 1.17. The van der Waals surface area contributed by atoms with E-state index in [9.17, 15) is 18.4 Å². The predicted octanol–water partition coefficient (Wildman–Crippen LogP) is 2.24. The summed E-state index contributed by atoms with van der Waals surface area (Å²) in [6, 6.07) is 5.66. The molecule has 26 heavy (non-hydrogen) atoms. The Kier molecular flexibility index (Phi) is 5.86. The highest BCUT2D eigenvalue weighted by molar-refractivity contribution is 7.99. The molecule has 1 aliphatic heterocycles. The normalized spacial score (nSPS) is 15.8. The van der Waals surface area contributed by atoms with Crippen LogP contribution in [-0.4, -0.2) is 43.6 Å². The highest BCUT2D eigenvalue weighted by Gasteiger charge is 2.36. The van der Waals surface area contributed by atoms with Gasteiger partial charge in [-0.05, 0) is 18.2 Å². The van der Waals surface area contributed by atoms with Crippen LogP contribution in [0, 0.1) is 11.3 Å². The minimum atomic E-state index is -4.64. The second-order valence-electron chi connectivity index (χ2n) is 5.78. The third-order valence-corrected chi connectivity index (χ3v) is 5.05. The van der Waals surface area contributed by atoms with Crippen molar-refractivity contribution in [3.63, 3.8) is 0 Å². The zero-order valence-corrected chi connectivity index (χ0v) is 14.6. The number of aromatic nitrogens is 1. The Bertz CT molecular complexity index is 782. The summed E-state index contributed by atoms with van der Waals surface area (Å²) in [5.74, 6) is 0.802. The average molecular weight is 384 g/mol. The number of nitriles is 1. The van der Waals surface area contributed by atoms with Crippen LogP contribution >= 0.6 is 11.8 Å². The number of hydrogen-bond acceptors (Lipinski definition) is 5. The van der Waals surface area contributed by atoms with Crippen LogP contribution in [-0.2, 0) is 10.9 Å². The van der Waals surface area contributed by atoms with E-state index in [2.05, 4.69) is 4.98 Å². The quantitative estimate of drug-likeness (QED) is 0.801. The maximum absolute atomic E-state index is 13.4. The summed E-state index contributed by atoms with van der Waals surface area (Å²) in [5, 5.41) is 9.37. The highest BCUT2D eigenvalue weighted by atomic mass is 32.2. The number of morpholine rings is 1. The topological polar surface area (TPSA) is 63.5 Å². The Morgan fingerprint density at radius 1 is 1.31 bits per heavy atom. The minimum Gasteiger partial charge on any atom is -0.463 e. The fourth-order valence-electron chi connectivity index (χ4n) is 2.71. The monoisotopic (exact) mass is 384 g/mol. The van der Waals surface area contributed by atoms with E-state index in [-0.39, 0.29) is 16.5 Å². The Hall–Kier alpha value is -2.02. The lowest BCUT2D eigenvalue weighted by Gasteiger charge is -2.23. The lowest BCUT2D eigenvalue weighted by atomic mass is 10.1. The lowest BCUT2D eigenvalue weighted by molar-refractivity contribution is -0.905. The van der Waals surface area contributed by atoms with Crippen molar-refractivity contribution in [1.82, 2.24) is 4.98 Å². The molecule has 5 nitrogen and oxygen atoms in total. The fourth-order valence-corrected chi connectivity index (χ4v) is 3.76. The molecule has 9 heteroatoms. The molecule has 0 spiro atoms. The van der Waals surface area contributed by atoms with Crippen molar-refractivity contribution in [2.75, 3.05) is 38.6 Å². The number of quaternary nitrogens is 1. The number of pyridine rings is 1. The van der Waals surface area contributed by atoms with Gasteiger partial charge in [0.25, 0.3) is 0 Å². The first-order valence-electron chi connectivity index (χ1n) is 8.09. The van der Waals surface area contributed by atoms with Crippen molar-refractivity contribution in [2.24, 2.45) is 0 Å². The largest absolute Gasteiger partial charge is 0.463 e. The Balaban J connectivity index is 1.86. The highest BCUT2D eigenvalue weighted by Crippen LogP contribution is 2.37. The molecule has 1 aliphatic rings. The molecule has 0 aromatic carbocycles. The van der Waals surface area contributed by atoms with Crippen LogP contribution in [0.25, 0.3) is 11.5 Å². The average Bonchev–Trinajstić information content (AvgIpc) is 3.16. The van der Waals surface area contributed by atoms with Gasteiger partial charge in [0, 0.05) is 5.75 Å². The van der Waals surface area contributed by atoms with Gasteiger partial charge in [-0.1, -0.05) is 11.8 Å². The van der Waals surface area contributed by atoms with Crippen LogP contribution in [0.2, 0.25) is 0 Å². The summed E-state index contributed by atoms with van der Waals surface area (Å²) in [7, 11) is 0. The molecule has 3 rings (SSSR count). The Morgan fingerprint density at radius 2 is 2.08 bits per heavy atom. The first-order chi connectivity index (χ1) is 12.5. The summed E-state index contributed by atoms with van der Waals surface area (Å²) in [5.41, 5.74) is -1.35. The van der Waals surface area contributed by atoms with E-state index in [4.69, 9.17) is 9.15 Å². The molecule has 0 radical (unpaired) electrons. The molecule has 2 aromatic rings. The van der Waals surface area contributed by atoms with Gasteiger partial charge in [-0.2, -0.15) is 18.4 Å². The number of nitrogens with one attached hydrogen (secondary N) is 1. The molecule has 0 amide bonds. The number of rotatable bonds is 5. The molecule has 138 valence electrons. The van der Waals surface area contributed by atoms with Gasteiger partial charge in [0.05, 0.1) is 37.1 Å². The van der Waals surface area contributed by atoms with Crippen molar-refractivity contribution in [2.45, 2.75) is 11.2 Å². The summed E-state index contributed by atoms with van der Waals surface area (Å²) in [4.78, 5) is 5.59. The predicted molar refractivity (Wildman–Crippen MR) is 88.8 cm³/mol. The zero-order valence-electron chi connectivity index (χ0n) is 13.8. The van der Waals surface area contributed by atoms with Crippen molar-refractivity contribution in [3.8, 4) is 17.5 Å². The number of thioether (sulfide) groups is 1. The molecule has 0 saturated carbocycles. The van der Waals surface area contributed by atoms with E-state index in [1.165, 1.54) is 22.9 Å². The van der Waals surface area contributed by atoms with Gasteiger partial charge in [-0.3, -0.25) is 0 Å². The van der Waals surface area contributed by atoms with Crippen LogP contribution in [0.4, 0.5) is 13.2 Å². The second kappa shape index (κ2) is 8.12. The van der Waals surface area contributed by atoms with Crippen LogP contribution in [0.1, 0.15) is 11.1 Å². The van der Waals surface area contributed by atoms with Gasteiger partial charge in [-0.25, -0.2) is 4.98 Å². The van der Waals surface area contributed by atoms with E-state index in [1.54, 1.807) is 18.2 Å². The molecule has 3 heterocycles. The molecule has 2 aromatic heterocycles. The molecule has 1 N–H and O–H groups in total. The van der Waals surface area contributed by atoms with Crippen LogP contribution in [0.3, 0.4) is 0 Å². The third kappa shape index (κ3) is 4.38. The van der Waals surface area contributed by atoms with E-state index in [0.717, 1.165) is 25.7 Å². The smallest absolute Gasteiger partial charge is 0.417 e. The van der Waals surface area contributed by atoms with Gasteiger partial charge in [-0.15, -0.1) is 0 Å². The number of nitrogens with zero attached hydrogens (tertiary/aromatic N) is 2. The molecule has 0 bridgehead atoms. The summed E-state index contributed by atoms with van der Waals surface area (Å²) in [6.45, 7) is 3.90. The van der Waals surface area contributed by atoms with Gasteiger partial charge in [0.1, 0.15) is 29.9 Å². The third-order valence-electron chi connectivity index (χ3n) is 4.07. The molecule has 1 fully saturated rings. The standard InChI is InChI=1S/C17H16F3N3O2S/c18-17(19,20)13-10-14(15-2-1-6-25-15)22-16(12(13)11-21)26-9-5-23-3-7-24-8-4-23/h1-2,6,10H,3-5,7-9H2/p+1. The number of alkyl halides is 3. The minimum absolute atomic E-state index is 0.0718. The number of ether oxygens (including phenoxy) is 1. The van der Waals surface area contributed by atoms with Crippen molar-refractivity contribution < 1.29 is 27.2 Å². The number of hydrogen-bond donors (Lipinski definition) is 1. The maximum atomic E-state index is 13.4. The van der Waals surface area contributed by atoms with Crippen LogP contribution in [0.5, 0.6) is 0 Å². The van der Waals surface area contributed by atoms with Gasteiger partial charge < -0.3 is 14.1 Å². The van der Waals surface area contributed by atoms with Gasteiger partial charge in [0.15, 0.2) is 5.76 Å². The number of furan rings is 1.